The predicted molar refractivity (Wildman–Crippen MR) is 89.3 cm³/mol. The van der Waals surface area contributed by atoms with E-state index in [9.17, 15) is 14.4 Å². The number of aromatic nitrogens is 3. The smallest absolute Gasteiger partial charge is 0.361 e. The first-order valence-electron chi connectivity index (χ1n) is 7.27. The van der Waals surface area contributed by atoms with Crippen molar-refractivity contribution < 1.29 is 23.5 Å². The molecule has 0 spiro atoms. The van der Waals surface area contributed by atoms with Gasteiger partial charge in [-0.2, -0.15) is 0 Å². The number of fused-ring (bicyclic) bond motifs is 1. The molecule has 9 nitrogen and oxygen atoms in total. The van der Waals surface area contributed by atoms with Gasteiger partial charge in [-0.05, 0) is 23.8 Å². The molecule has 0 aliphatic rings. The third-order valence-corrected chi connectivity index (χ3v) is 3.84. The molecule has 2 aromatic heterocycles. The second-order valence-electron chi connectivity index (χ2n) is 5.16. The van der Waals surface area contributed by atoms with Crippen molar-refractivity contribution in [2.75, 3.05) is 14.2 Å². The quantitative estimate of drug-likeness (QED) is 0.498. The van der Waals surface area contributed by atoms with E-state index in [-0.39, 0.29) is 17.9 Å². The maximum absolute atomic E-state index is 12.1. The molecule has 10 heteroatoms. The largest absolute Gasteiger partial charge is 0.464 e. The lowest BCUT2D eigenvalue weighted by Crippen LogP contribution is -2.17. The van der Waals surface area contributed by atoms with Gasteiger partial charge >= 0.3 is 17.6 Å². The van der Waals surface area contributed by atoms with Crippen LogP contribution in [0.1, 0.15) is 26.5 Å². The van der Waals surface area contributed by atoms with Crippen molar-refractivity contribution in [1.82, 2.24) is 15.0 Å². The van der Waals surface area contributed by atoms with E-state index in [0.29, 0.717) is 21.6 Å². The molecule has 2 heterocycles. The van der Waals surface area contributed by atoms with E-state index in [2.05, 4.69) is 19.8 Å². The minimum absolute atomic E-state index is 0.0448. The normalized spacial score (nSPS) is 10.7. The number of hydrogen-bond donors (Lipinski definition) is 0. The molecule has 0 fully saturated rings. The van der Waals surface area contributed by atoms with Gasteiger partial charge in [0.25, 0.3) is 0 Å². The topological polar surface area (TPSA) is 114 Å². The molecule has 0 saturated heterocycles. The third-order valence-electron chi connectivity index (χ3n) is 3.60. The summed E-state index contributed by atoms with van der Waals surface area (Å²) in [5.41, 5.74) is -0.259. The number of nitrogens with zero attached hydrogens (tertiary/aromatic N) is 3. The summed E-state index contributed by atoms with van der Waals surface area (Å²) in [5, 5.41) is 8.49. The summed E-state index contributed by atoms with van der Waals surface area (Å²) < 4.78 is 15.6. The Labute approximate surface area is 151 Å². The highest BCUT2D eigenvalue weighted by Crippen LogP contribution is 2.23. The van der Waals surface area contributed by atoms with E-state index in [1.807, 2.05) is 0 Å². The summed E-state index contributed by atoms with van der Waals surface area (Å²) in [6.45, 7) is -0.0448. The molecular formula is C16H12ClN3O6. The standard InChI is InChI=1S/C16H12ClN3O6/c1-24-15(22)13-14(16(23)25-2)20(19-18-13)7-8-5-12(21)26-11-4-3-9(17)6-10(8)11/h3-6H,7H2,1-2H3. The molecule has 0 radical (unpaired) electrons. The number of rotatable bonds is 4. The Balaban J connectivity index is 2.15. The lowest BCUT2D eigenvalue weighted by atomic mass is 10.1. The van der Waals surface area contributed by atoms with Crippen LogP contribution < -0.4 is 5.63 Å². The van der Waals surface area contributed by atoms with Crippen LogP contribution in [-0.2, 0) is 16.0 Å². The molecule has 0 aliphatic heterocycles. The Bertz CT molecular complexity index is 1070. The molecule has 26 heavy (non-hydrogen) atoms. The average Bonchev–Trinajstić information content (AvgIpc) is 3.04. The number of ether oxygens (including phenoxy) is 2. The summed E-state index contributed by atoms with van der Waals surface area (Å²) in [4.78, 5) is 35.7. The highest BCUT2D eigenvalue weighted by Gasteiger charge is 2.27. The van der Waals surface area contributed by atoms with Crippen molar-refractivity contribution in [2.24, 2.45) is 0 Å². The highest BCUT2D eigenvalue weighted by atomic mass is 35.5. The fraction of sp³-hybridized carbons (Fsp3) is 0.188. The minimum Gasteiger partial charge on any atom is -0.464 e. The molecule has 3 aromatic rings. The third kappa shape index (κ3) is 3.16. The van der Waals surface area contributed by atoms with E-state index in [4.69, 9.17) is 16.0 Å². The lowest BCUT2D eigenvalue weighted by molar-refractivity contribution is 0.0544. The van der Waals surface area contributed by atoms with E-state index in [1.165, 1.54) is 6.07 Å². The van der Waals surface area contributed by atoms with Crippen LogP contribution >= 0.6 is 11.6 Å². The molecule has 0 unspecified atom stereocenters. The van der Waals surface area contributed by atoms with Crippen molar-refractivity contribution in [3.8, 4) is 0 Å². The number of halogens is 1. The number of carbonyl (C=O) groups is 2. The van der Waals surface area contributed by atoms with Gasteiger partial charge in [0.05, 0.1) is 20.8 Å². The van der Waals surface area contributed by atoms with Gasteiger partial charge in [-0.1, -0.05) is 16.8 Å². The van der Waals surface area contributed by atoms with E-state index >= 15 is 0 Å². The number of esters is 2. The Hall–Kier alpha value is -3.20. The van der Waals surface area contributed by atoms with Gasteiger partial charge in [0, 0.05) is 16.5 Å². The van der Waals surface area contributed by atoms with Gasteiger partial charge in [-0.3, -0.25) is 0 Å². The Morgan fingerprint density at radius 1 is 1.19 bits per heavy atom. The Kier molecular flexibility index (Phi) is 4.72. The van der Waals surface area contributed by atoms with Gasteiger partial charge in [0.15, 0.2) is 5.69 Å². The second kappa shape index (κ2) is 6.96. The minimum atomic E-state index is -0.836. The van der Waals surface area contributed by atoms with Gasteiger partial charge in [-0.25, -0.2) is 19.1 Å². The van der Waals surface area contributed by atoms with E-state index < -0.39 is 17.6 Å². The zero-order valence-electron chi connectivity index (χ0n) is 13.7. The summed E-state index contributed by atoms with van der Waals surface area (Å²) in [5.74, 6) is -1.65. The van der Waals surface area contributed by atoms with Gasteiger partial charge in [-0.15, -0.1) is 5.10 Å². The van der Waals surface area contributed by atoms with Crippen LogP contribution in [0.2, 0.25) is 5.02 Å². The number of methoxy groups -OCH3 is 2. The van der Waals surface area contributed by atoms with Crippen molar-refractivity contribution >= 4 is 34.5 Å². The Morgan fingerprint density at radius 3 is 2.62 bits per heavy atom. The second-order valence-corrected chi connectivity index (χ2v) is 5.60. The first-order valence-corrected chi connectivity index (χ1v) is 7.64. The van der Waals surface area contributed by atoms with Crippen LogP contribution in [0, 0.1) is 0 Å². The summed E-state index contributed by atoms with van der Waals surface area (Å²) >= 11 is 6.01. The van der Waals surface area contributed by atoms with Crippen LogP contribution in [-0.4, -0.2) is 41.2 Å². The van der Waals surface area contributed by atoms with Crippen molar-refractivity contribution in [3.05, 3.63) is 56.7 Å². The molecule has 0 aliphatic carbocycles. The van der Waals surface area contributed by atoms with Crippen LogP contribution in [0.25, 0.3) is 11.0 Å². The predicted octanol–water partition coefficient (Wildman–Crippen LogP) is 1.66. The first kappa shape index (κ1) is 17.6. The molecule has 0 amide bonds. The fourth-order valence-electron chi connectivity index (χ4n) is 2.45. The molecule has 134 valence electrons. The van der Waals surface area contributed by atoms with Crippen molar-refractivity contribution in [3.63, 3.8) is 0 Å². The lowest BCUT2D eigenvalue weighted by Gasteiger charge is -2.08. The van der Waals surface area contributed by atoms with Crippen molar-refractivity contribution in [2.45, 2.75) is 6.54 Å². The average molecular weight is 378 g/mol. The zero-order chi connectivity index (χ0) is 18.8. The van der Waals surface area contributed by atoms with Gasteiger partial charge < -0.3 is 13.9 Å². The monoisotopic (exact) mass is 377 g/mol. The van der Waals surface area contributed by atoms with Crippen LogP contribution in [0.5, 0.6) is 0 Å². The van der Waals surface area contributed by atoms with Crippen LogP contribution in [0.4, 0.5) is 0 Å². The maximum Gasteiger partial charge on any atom is 0.361 e. The van der Waals surface area contributed by atoms with Crippen LogP contribution in [0.3, 0.4) is 0 Å². The van der Waals surface area contributed by atoms with Crippen LogP contribution in [0.15, 0.2) is 33.5 Å². The van der Waals surface area contributed by atoms with E-state index in [0.717, 1.165) is 18.9 Å². The fourth-order valence-corrected chi connectivity index (χ4v) is 2.62. The molecular weight excluding hydrogens is 366 g/mol. The molecule has 0 atom stereocenters. The molecule has 3 rings (SSSR count). The molecule has 1 aromatic carbocycles. The highest BCUT2D eigenvalue weighted by molar-refractivity contribution is 6.31. The van der Waals surface area contributed by atoms with Crippen molar-refractivity contribution in [1.29, 1.82) is 0 Å². The molecule has 0 saturated carbocycles. The van der Waals surface area contributed by atoms with Gasteiger partial charge in [0.2, 0.25) is 5.69 Å². The number of carbonyl (C=O) groups excluding carboxylic acids is 2. The van der Waals surface area contributed by atoms with E-state index in [1.54, 1.807) is 18.2 Å². The summed E-state index contributed by atoms with van der Waals surface area (Å²) in [6.07, 6.45) is 0. The van der Waals surface area contributed by atoms with Gasteiger partial charge in [0.1, 0.15) is 5.58 Å². The first-order chi connectivity index (χ1) is 12.4. The molecule has 0 N–H and O–H groups in total. The number of hydrogen-bond acceptors (Lipinski definition) is 8. The SMILES string of the molecule is COC(=O)c1nnn(Cc2cc(=O)oc3ccc(Cl)cc23)c1C(=O)OC. The zero-order valence-corrected chi connectivity index (χ0v) is 14.4. The summed E-state index contributed by atoms with van der Waals surface area (Å²) in [6, 6.07) is 6.01. The maximum atomic E-state index is 12.1. The number of benzene rings is 1. The Morgan fingerprint density at radius 2 is 1.92 bits per heavy atom. The molecule has 0 bridgehead atoms. The summed E-state index contributed by atoms with van der Waals surface area (Å²) in [7, 11) is 2.31.